The second-order valence-electron chi connectivity index (χ2n) is 3.83. The zero-order valence-electron chi connectivity index (χ0n) is 11.2. The Labute approximate surface area is 116 Å². The van der Waals surface area contributed by atoms with Gasteiger partial charge in [-0.05, 0) is 31.8 Å². The van der Waals surface area contributed by atoms with E-state index >= 15 is 0 Å². The van der Waals surface area contributed by atoms with Gasteiger partial charge in [-0.15, -0.1) is 0 Å². The lowest BCUT2D eigenvalue weighted by molar-refractivity contribution is -0.383. The highest BCUT2D eigenvalue weighted by atomic mass is 32.2. The van der Waals surface area contributed by atoms with Crippen LogP contribution in [-0.4, -0.2) is 40.0 Å². The topological polar surface area (TPSA) is 93.0 Å². The molecule has 0 saturated heterocycles. The smallest absolute Gasteiger partial charge is 0.353 e. The van der Waals surface area contributed by atoms with Gasteiger partial charge in [0.2, 0.25) is 11.6 Å². The minimum Gasteiger partial charge on any atom is -0.364 e. The van der Waals surface area contributed by atoms with E-state index in [4.69, 9.17) is 0 Å². The summed E-state index contributed by atoms with van der Waals surface area (Å²) in [6, 6.07) is 0. The number of anilines is 2. The van der Waals surface area contributed by atoms with Gasteiger partial charge in [0, 0.05) is 13.1 Å². The third kappa shape index (κ3) is 4.90. The van der Waals surface area contributed by atoms with E-state index in [0.717, 1.165) is 18.6 Å². The molecule has 0 aromatic carbocycles. The molecule has 0 radical (unpaired) electrons. The summed E-state index contributed by atoms with van der Waals surface area (Å²) in [5.74, 6) is 1.63. The maximum atomic E-state index is 11.1. The van der Waals surface area contributed by atoms with Crippen LogP contribution in [0.25, 0.3) is 0 Å². The first kappa shape index (κ1) is 15.5. The van der Waals surface area contributed by atoms with Crippen molar-refractivity contribution in [3.8, 4) is 0 Å². The van der Waals surface area contributed by atoms with Gasteiger partial charge in [-0.1, -0.05) is 0 Å². The van der Waals surface area contributed by atoms with Gasteiger partial charge >= 0.3 is 5.69 Å². The highest BCUT2D eigenvalue weighted by Crippen LogP contribution is 2.28. The fourth-order valence-electron chi connectivity index (χ4n) is 1.56. The van der Waals surface area contributed by atoms with Crippen LogP contribution in [0.1, 0.15) is 19.8 Å². The average Bonchev–Trinajstić information content (AvgIpc) is 2.38. The highest BCUT2D eigenvalue weighted by molar-refractivity contribution is 7.98. The van der Waals surface area contributed by atoms with Crippen molar-refractivity contribution in [2.75, 3.05) is 35.7 Å². The molecular weight excluding hydrogens is 266 g/mol. The van der Waals surface area contributed by atoms with Crippen LogP contribution in [0, 0.1) is 10.1 Å². The van der Waals surface area contributed by atoms with Gasteiger partial charge in [0.05, 0.1) is 4.92 Å². The number of hydrogen-bond donors (Lipinski definition) is 2. The molecule has 0 bridgehead atoms. The molecule has 0 saturated carbocycles. The first-order valence-electron chi connectivity index (χ1n) is 6.16. The molecule has 19 heavy (non-hydrogen) atoms. The molecule has 0 aliphatic carbocycles. The molecule has 0 spiro atoms. The molecule has 0 amide bonds. The molecule has 1 heterocycles. The summed E-state index contributed by atoms with van der Waals surface area (Å²) in [7, 11) is 0. The molecule has 1 aromatic heterocycles. The summed E-state index contributed by atoms with van der Waals surface area (Å²) in [5, 5.41) is 17.0. The van der Waals surface area contributed by atoms with Crippen molar-refractivity contribution < 1.29 is 4.92 Å². The Kier molecular flexibility index (Phi) is 6.94. The van der Waals surface area contributed by atoms with Crippen LogP contribution in [0.5, 0.6) is 0 Å². The van der Waals surface area contributed by atoms with Crippen molar-refractivity contribution in [1.82, 2.24) is 9.97 Å². The van der Waals surface area contributed by atoms with Crippen LogP contribution < -0.4 is 10.6 Å². The van der Waals surface area contributed by atoms with Crippen LogP contribution in [-0.2, 0) is 0 Å². The summed E-state index contributed by atoms with van der Waals surface area (Å²) < 4.78 is 0. The molecular formula is C11H19N5O2S. The van der Waals surface area contributed by atoms with Gasteiger partial charge in [0.15, 0.2) is 0 Å². The van der Waals surface area contributed by atoms with Crippen molar-refractivity contribution in [1.29, 1.82) is 0 Å². The van der Waals surface area contributed by atoms with E-state index < -0.39 is 4.92 Å². The summed E-state index contributed by atoms with van der Waals surface area (Å²) >= 11 is 1.79. The van der Waals surface area contributed by atoms with E-state index in [-0.39, 0.29) is 17.3 Å². The normalized spacial score (nSPS) is 10.2. The minimum absolute atomic E-state index is 0.0887. The second kappa shape index (κ2) is 8.52. The van der Waals surface area contributed by atoms with E-state index in [2.05, 4.69) is 26.9 Å². The maximum absolute atomic E-state index is 11.1. The summed E-state index contributed by atoms with van der Waals surface area (Å²) in [6.07, 6.45) is 5.42. The molecule has 0 aliphatic heterocycles. The van der Waals surface area contributed by atoms with Crippen molar-refractivity contribution >= 4 is 29.1 Å². The molecule has 106 valence electrons. The lowest BCUT2D eigenvalue weighted by Crippen LogP contribution is -2.10. The van der Waals surface area contributed by atoms with Gasteiger partial charge in [-0.3, -0.25) is 10.1 Å². The second-order valence-corrected chi connectivity index (χ2v) is 4.82. The number of rotatable bonds is 9. The third-order valence-electron chi connectivity index (χ3n) is 2.42. The van der Waals surface area contributed by atoms with Gasteiger partial charge in [-0.2, -0.15) is 11.8 Å². The number of thioether (sulfide) groups is 1. The van der Waals surface area contributed by atoms with Crippen LogP contribution in [0.3, 0.4) is 0 Å². The fourth-order valence-corrected chi connectivity index (χ4v) is 2.05. The quantitative estimate of drug-likeness (QED) is 0.408. The highest BCUT2D eigenvalue weighted by Gasteiger charge is 2.21. The Bertz CT molecular complexity index is 416. The van der Waals surface area contributed by atoms with E-state index in [1.165, 1.54) is 6.33 Å². The van der Waals surface area contributed by atoms with Crippen LogP contribution in [0.4, 0.5) is 17.3 Å². The summed E-state index contributed by atoms with van der Waals surface area (Å²) in [6.45, 7) is 3.11. The summed E-state index contributed by atoms with van der Waals surface area (Å²) in [5.41, 5.74) is -0.0887. The van der Waals surface area contributed by atoms with E-state index in [0.29, 0.717) is 13.1 Å². The van der Waals surface area contributed by atoms with Crippen LogP contribution in [0.2, 0.25) is 0 Å². The van der Waals surface area contributed by atoms with Crippen molar-refractivity contribution in [3.63, 3.8) is 0 Å². The molecule has 0 unspecified atom stereocenters. The first-order chi connectivity index (χ1) is 9.20. The Balaban J connectivity index is 2.70. The average molecular weight is 285 g/mol. The molecule has 2 N–H and O–H groups in total. The van der Waals surface area contributed by atoms with Gasteiger partial charge in [0.1, 0.15) is 6.33 Å². The molecule has 0 fully saturated rings. The Hall–Kier alpha value is -1.57. The van der Waals surface area contributed by atoms with Gasteiger partial charge in [0.25, 0.3) is 0 Å². The Morgan fingerprint density at radius 2 is 2.00 bits per heavy atom. The molecule has 8 heteroatoms. The number of unbranched alkanes of at least 4 members (excludes halogenated alkanes) is 1. The van der Waals surface area contributed by atoms with Gasteiger partial charge in [-0.25, -0.2) is 9.97 Å². The van der Waals surface area contributed by atoms with Crippen molar-refractivity contribution in [2.24, 2.45) is 0 Å². The van der Waals surface area contributed by atoms with E-state index in [1.807, 2.05) is 6.92 Å². The Morgan fingerprint density at radius 1 is 1.32 bits per heavy atom. The largest absolute Gasteiger partial charge is 0.364 e. The monoisotopic (exact) mass is 285 g/mol. The molecule has 1 rings (SSSR count). The number of nitro groups is 1. The lowest BCUT2D eigenvalue weighted by atomic mass is 10.3. The molecule has 1 aromatic rings. The van der Waals surface area contributed by atoms with Crippen LogP contribution >= 0.6 is 11.8 Å². The van der Waals surface area contributed by atoms with Crippen molar-refractivity contribution in [3.05, 3.63) is 16.4 Å². The SMILES string of the molecule is CCNc1ncnc(NCCCCSC)c1[N+](=O)[O-]. The third-order valence-corrected chi connectivity index (χ3v) is 3.11. The van der Waals surface area contributed by atoms with E-state index in [1.54, 1.807) is 11.8 Å². The summed E-state index contributed by atoms with van der Waals surface area (Å²) in [4.78, 5) is 18.5. The number of aromatic nitrogens is 2. The number of hydrogen-bond acceptors (Lipinski definition) is 7. The zero-order chi connectivity index (χ0) is 14.1. The number of nitrogens with one attached hydrogen (secondary N) is 2. The predicted molar refractivity (Wildman–Crippen MR) is 79.0 cm³/mol. The lowest BCUT2D eigenvalue weighted by Gasteiger charge is -2.08. The first-order valence-corrected chi connectivity index (χ1v) is 7.56. The van der Waals surface area contributed by atoms with Gasteiger partial charge < -0.3 is 10.6 Å². The number of nitrogens with zero attached hydrogens (tertiary/aromatic N) is 3. The minimum atomic E-state index is -0.456. The van der Waals surface area contributed by atoms with E-state index in [9.17, 15) is 10.1 Å². The maximum Gasteiger partial charge on any atom is 0.353 e. The fraction of sp³-hybridized carbons (Fsp3) is 0.636. The standard InChI is InChI=1S/C11H19N5O2S/c1-3-12-10-9(16(17)18)11(15-8-14-10)13-6-4-5-7-19-2/h8H,3-7H2,1-2H3,(H2,12,13,14,15). The predicted octanol–water partition coefficient (Wildman–Crippen LogP) is 2.37. The van der Waals surface area contributed by atoms with Crippen molar-refractivity contribution in [2.45, 2.75) is 19.8 Å². The molecule has 0 atom stereocenters. The van der Waals surface area contributed by atoms with Crippen LogP contribution in [0.15, 0.2) is 6.33 Å². The molecule has 7 nitrogen and oxygen atoms in total. The zero-order valence-corrected chi connectivity index (χ0v) is 12.0. The molecule has 0 aliphatic rings. The Morgan fingerprint density at radius 3 is 2.58 bits per heavy atom.